The van der Waals surface area contributed by atoms with Gasteiger partial charge < -0.3 is 20.1 Å². The van der Waals surface area contributed by atoms with E-state index in [0.717, 1.165) is 30.0 Å². The number of phenolic OH excluding ortho intramolecular Hbond substituents is 1. The van der Waals surface area contributed by atoms with Crippen LogP contribution in [0.5, 0.6) is 11.8 Å². The molecule has 0 radical (unpaired) electrons. The van der Waals surface area contributed by atoms with Gasteiger partial charge in [0.15, 0.2) is 0 Å². The summed E-state index contributed by atoms with van der Waals surface area (Å²) in [4.78, 5) is 24.1. The average Bonchev–Trinajstić information content (AvgIpc) is 2.84. The molecule has 1 amide bonds. The molecule has 3 aromatic rings. The maximum absolute atomic E-state index is 13.2. The van der Waals surface area contributed by atoms with Crippen molar-refractivity contribution in [2.45, 2.75) is 46.0 Å². The largest absolute Gasteiger partial charge is 0.508 e. The molecule has 0 saturated heterocycles. The molecule has 178 valence electrons. The molecule has 2 aromatic carbocycles. The Balaban J connectivity index is 1.90. The van der Waals surface area contributed by atoms with Gasteiger partial charge in [0, 0.05) is 37.0 Å². The number of rotatable bonds is 12. The maximum atomic E-state index is 13.2. The summed E-state index contributed by atoms with van der Waals surface area (Å²) in [5.74, 6) is 0.213. The summed E-state index contributed by atoms with van der Waals surface area (Å²) in [6.45, 7) is 5.88. The second-order valence-electron chi connectivity index (χ2n) is 7.96. The summed E-state index contributed by atoms with van der Waals surface area (Å²) < 4.78 is 5.78. The lowest BCUT2D eigenvalue weighted by atomic mass is 10.1. The average molecular weight is 462 g/mol. The van der Waals surface area contributed by atoms with Crippen LogP contribution in [0.15, 0.2) is 42.5 Å². The Hall–Kier alpha value is -3.86. The van der Waals surface area contributed by atoms with Crippen LogP contribution < -0.4 is 15.0 Å². The number of unbranched alkanes of at least 4 members (excludes halogenated alkanes) is 3. The fourth-order valence-electron chi connectivity index (χ4n) is 3.64. The number of nitrogens with zero attached hydrogens (tertiary/aromatic N) is 4. The Morgan fingerprint density at radius 3 is 2.74 bits per heavy atom. The number of ether oxygens (including phenoxy) is 1. The minimum Gasteiger partial charge on any atom is -0.508 e. The van der Waals surface area contributed by atoms with E-state index in [1.54, 1.807) is 12.1 Å². The van der Waals surface area contributed by atoms with Crippen molar-refractivity contribution in [3.05, 3.63) is 48.2 Å². The van der Waals surface area contributed by atoms with Crippen molar-refractivity contribution >= 4 is 28.2 Å². The molecule has 34 heavy (non-hydrogen) atoms. The summed E-state index contributed by atoms with van der Waals surface area (Å²) in [5.41, 5.74) is 0.661. The van der Waals surface area contributed by atoms with E-state index in [0.29, 0.717) is 44.0 Å². The van der Waals surface area contributed by atoms with Gasteiger partial charge in [-0.05, 0) is 31.2 Å². The molecule has 0 spiro atoms. The zero-order chi connectivity index (χ0) is 24.3. The number of anilines is 2. The van der Waals surface area contributed by atoms with Crippen LogP contribution in [-0.2, 0) is 0 Å². The molecule has 0 saturated carbocycles. The summed E-state index contributed by atoms with van der Waals surface area (Å²) in [5, 5.41) is 23.5. The number of carbonyl (C=O) groups excluding carboxylic acids is 1. The van der Waals surface area contributed by atoms with E-state index in [-0.39, 0.29) is 17.5 Å². The highest BCUT2D eigenvalue weighted by atomic mass is 16.5. The Morgan fingerprint density at radius 2 is 1.97 bits per heavy atom. The molecule has 1 heterocycles. The molecule has 0 fully saturated rings. The normalized spacial score (nSPS) is 10.6. The van der Waals surface area contributed by atoms with Crippen LogP contribution in [0.3, 0.4) is 0 Å². The minimum absolute atomic E-state index is 0.0620. The lowest BCUT2D eigenvalue weighted by molar-refractivity contribution is 0.102. The second kappa shape index (κ2) is 12.4. The van der Waals surface area contributed by atoms with Gasteiger partial charge in [0.05, 0.1) is 18.4 Å². The number of aromatic hydroxyl groups is 1. The van der Waals surface area contributed by atoms with Crippen LogP contribution in [0.1, 0.15) is 56.4 Å². The van der Waals surface area contributed by atoms with Crippen molar-refractivity contribution < 1.29 is 14.6 Å². The second-order valence-corrected chi connectivity index (χ2v) is 7.96. The van der Waals surface area contributed by atoms with Crippen LogP contribution in [0.2, 0.25) is 0 Å². The monoisotopic (exact) mass is 461 g/mol. The number of hydrogen-bond acceptors (Lipinski definition) is 7. The van der Waals surface area contributed by atoms with Crippen LogP contribution in [0, 0.1) is 11.3 Å². The van der Waals surface area contributed by atoms with E-state index in [4.69, 9.17) is 10.00 Å². The quantitative estimate of drug-likeness (QED) is 0.353. The first-order valence-electron chi connectivity index (χ1n) is 11.7. The predicted molar refractivity (Wildman–Crippen MR) is 133 cm³/mol. The third kappa shape index (κ3) is 6.58. The van der Waals surface area contributed by atoms with Crippen molar-refractivity contribution in [2.24, 2.45) is 0 Å². The van der Waals surface area contributed by atoms with Crippen LogP contribution in [0.25, 0.3) is 10.8 Å². The fourth-order valence-corrected chi connectivity index (χ4v) is 3.64. The first-order chi connectivity index (χ1) is 16.5. The van der Waals surface area contributed by atoms with Crippen molar-refractivity contribution in [3.63, 3.8) is 0 Å². The molecular formula is C26H31N5O3. The highest BCUT2D eigenvalue weighted by Gasteiger charge is 2.17. The molecule has 0 unspecified atom stereocenters. The summed E-state index contributed by atoms with van der Waals surface area (Å²) in [6.07, 6.45) is 4.11. The van der Waals surface area contributed by atoms with Gasteiger partial charge in [-0.15, -0.1) is 0 Å². The van der Waals surface area contributed by atoms with Crippen LogP contribution in [-0.4, -0.2) is 40.7 Å². The molecular weight excluding hydrogens is 430 g/mol. The van der Waals surface area contributed by atoms with Crippen molar-refractivity contribution in [3.8, 4) is 17.8 Å². The topological polar surface area (TPSA) is 111 Å². The summed E-state index contributed by atoms with van der Waals surface area (Å²) >= 11 is 0. The third-order valence-electron chi connectivity index (χ3n) is 5.42. The molecule has 0 aliphatic heterocycles. The predicted octanol–water partition coefficient (Wildman–Crippen LogP) is 5.29. The first kappa shape index (κ1) is 24.8. The molecule has 0 atom stereocenters. The first-order valence-corrected chi connectivity index (χ1v) is 11.7. The van der Waals surface area contributed by atoms with Gasteiger partial charge in [-0.25, -0.2) is 0 Å². The molecule has 0 aliphatic carbocycles. The van der Waals surface area contributed by atoms with E-state index in [2.05, 4.69) is 28.3 Å². The molecule has 8 nitrogen and oxygen atoms in total. The third-order valence-corrected chi connectivity index (χ3v) is 5.42. The van der Waals surface area contributed by atoms with E-state index in [1.807, 2.05) is 36.1 Å². The Kier molecular flexibility index (Phi) is 9.04. The van der Waals surface area contributed by atoms with Crippen molar-refractivity contribution in [1.82, 2.24) is 9.97 Å². The molecule has 3 rings (SSSR count). The standard InChI is InChI=1S/C26H31N5O3/c1-3-5-10-15-34-26-29-23(18-24(30-26)31(4-2)14-9-8-13-27)25(33)28-22-17-20(32)16-19-11-6-7-12-21(19)22/h6-7,11-12,16-18,32H,3-5,8-10,14-15H2,1-2H3,(H,28,33). The fraction of sp³-hybridized carbons (Fsp3) is 0.385. The number of hydrogen-bond donors (Lipinski definition) is 2. The Labute approximate surface area is 200 Å². The van der Waals surface area contributed by atoms with Gasteiger partial charge in [0.2, 0.25) is 0 Å². The Bertz CT molecular complexity index is 1160. The zero-order valence-electron chi connectivity index (χ0n) is 19.8. The number of carbonyl (C=O) groups is 1. The highest BCUT2D eigenvalue weighted by molar-refractivity contribution is 6.09. The lowest BCUT2D eigenvalue weighted by Crippen LogP contribution is -2.26. The number of benzene rings is 2. The Morgan fingerprint density at radius 1 is 1.15 bits per heavy atom. The van der Waals surface area contributed by atoms with E-state index in [1.165, 1.54) is 6.07 Å². The van der Waals surface area contributed by atoms with E-state index >= 15 is 0 Å². The number of aromatic nitrogens is 2. The van der Waals surface area contributed by atoms with E-state index < -0.39 is 5.91 Å². The van der Waals surface area contributed by atoms with Gasteiger partial charge in [-0.2, -0.15) is 15.2 Å². The van der Waals surface area contributed by atoms with Gasteiger partial charge in [-0.3, -0.25) is 4.79 Å². The van der Waals surface area contributed by atoms with E-state index in [9.17, 15) is 9.90 Å². The van der Waals surface area contributed by atoms with Gasteiger partial charge in [0.25, 0.3) is 5.91 Å². The molecule has 2 N–H and O–H groups in total. The van der Waals surface area contributed by atoms with Crippen LogP contribution >= 0.6 is 0 Å². The molecule has 1 aromatic heterocycles. The van der Waals surface area contributed by atoms with Gasteiger partial charge >= 0.3 is 6.01 Å². The molecule has 8 heteroatoms. The molecule has 0 bridgehead atoms. The van der Waals surface area contributed by atoms with Crippen molar-refractivity contribution in [1.29, 1.82) is 5.26 Å². The minimum atomic E-state index is -0.425. The number of amides is 1. The summed E-state index contributed by atoms with van der Waals surface area (Å²) in [6, 6.07) is 14.6. The lowest BCUT2D eigenvalue weighted by Gasteiger charge is -2.22. The van der Waals surface area contributed by atoms with Gasteiger partial charge in [-0.1, -0.05) is 44.0 Å². The number of nitrogens with one attached hydrogen (secondary N) is 1. The van der Waals surface area contributed by atoms with Crippen molar-refractivity contribution in [2.75, 3.05) is 29.9 Å². The van der Waals surface area contributed by atoms with Crippen LogP contribution in [0.4, 0.5) is 11.5 Å². The summed E-state index contributed by atoms with van der Waals surface area (Å²) in [7, 11) is 0. The number of phenols is 1. The van der Waals surface area contributed by atoms with Gasteiger partial charge in [0.1, 0.15) is 17.3 Å². The number of nitriles is 1. The highest BCUT2D eigenvalue weighted by Crippen LogP contribution is 2.29. The smallest absolute Gasteiger partial charge is 0.319 e. The molecule has 0 aliphatic rings. The number of fused-ring (bicyclic) bond motifs is 1. The SMILES string of the molecule is CCCCCOc1nc(C(=O)Nc2cc(O)cc3ccccc23)cc(N(CC)CCCC#N)n1. The zero-order valence-corrected chi connectivity index (χ0v) is 19.8. The maximum Gasteiger partial charge on any atom is 0.319 e.